The topological polar surface area (TPSA) is 78.8 Å². The van der Waals surface area contributed by atoms with Crippen LogP contribution < -0.4 is 5.43 Å². The summed E-state index contributed by atoms with van der Waals surface area (Å²) in [5.41, 5.74) is 2.98. The largest absolute Gasteiger partial charge is 0.272 e. The third-order valence-corrected chi connectivity index (χ3v) is 6.78. The molecule has 166 valence electrons. The summed E-state index contributed by atoms with van der Waals surface area (Å²) in [5.74, 6) is -1.39. The predicted octanol–water partition coefficient (Wildman–Crippen LogP) is 4.47. The van der Waals surface area contributed by atoms with Crippen LogP contribution in [0.4, 0.5) is 4.39 Å². The molecule has 1 amide bonds. The Hall–Kier alpha value is -2.78. The smallest absolute Gasteiger partial charge is 0.255 e. The van der Waals surface area contributed by atoms with Gasteiger partial charge in [0.15, 0.2) is 0 Å². The molecule has 0 aliphatic carbocycles. The van der Waals surface area contributed by atoms with Crippen LogP contribution in [0.5, 0.6) is 0 Å². The van der Waals surface area contributed by atoms with Gasteiger partial charge in [-0.2, -0.15) is 9.41 Å². The van der Waals surface area contributed by atoms with Crippen LogP contribution in [-0.4, -0.2) is 31.4 Å². The minimum atomic E-state index is -4.19. The van der Waals surface area contributed by atoms with Crippen LogP contribution in [0.2, 0.25) is 10.0 Å². The average Bonchev–Trinajstić information content (AvgIpc) is 2.76. The van der Waals surface area contributed by atoms with E-state index in [1.807, 2.05) is 18.2 Å². The van der Waals surface area contributed by atoms with Crippen molar-refractivity contribution in [3.63, 3.8) is 0 Å². The molecule has 3 aromatic carbocycles. The summed E-state index contributed by atoms with van der Waals surface area (Å²) >= 11 is 11.9. The van der Waals surface area contributed by atoms with Crippen molar-refractivity contribution in [3.8, 4) is 0 Å². The molecule has 0 aliphatic rings. The average molecular weight is 494 g/mol. The zero-order valence-electron chi connectivity index (χ0n) is 16.6. The van der Waals surface area contributed by atoms with Crippen LogP contribution in [0.1, 0.15) is 11.1 Å². The zero-order valence-corrected chi connectivity index (χ0v) is 18.9. The fourth-order valence-electron chi connectivity index (χ4n) is 2.75. The molecule has 6 nitrogen and oxygen atoms in total. The summed E-state index contributed by atoms with van der Waals surface area (Å²) < 4.78 is 41.6. The van der Waals surface area contributed by atoms with Crippen molar-refractivity contribution in [2.75, 3.05) is 6.54 Å². The molecule has 0 fully saturated rings. The Bertz CT molecular complexity index is 1200. The number of carbonyl (C=O) groups is 1. The third-order valence-electron chi connectivity index (χ3n) is 4.37. The molecule has 0 aliphatic heterocycles. The van der Waals surface area contributed by atoms with Crippen LogP contribution >= 0.6 is 23.2 Å². The van der Waals surface area contributed by atoms with Crippen molar-refractivity contribution in [2.45, 2.75) is 11.4 Å². The lowest BCUT2D eigenvalue weighted by Crippen LogP contribution is -2.39. The number of halogens is 3. The summed E-state index contributed by atoms with van der Waals surface area (Å²) in [6.07, 6.45) is 1.42. The first-order valence-corrected chi connectivity index (χ1v) is 11.5. The summed E-state index contributed by atoms with van der Waals surface area (Å²) in [5, 5.41) is 4.23. The molecular weight excluding hydrogens is 476 g/mol. The van der Waals surface area contributed by atoms with Gasteiger partial charge in [-0.1, -0.05) is 59.6 Å². The van der Waals surface area contributed by atoms with Gasteiger partial charge >= 0.3 is 0 Å². The number of sulfonamides is 1. The van der Waals surface area contributed by atoms with Crippen LogP contribution in [-0.2, 0) is 21.4 Å². The van der Waals surface area contributed by atoms with Gasteiger partial charge in [-0.25, -0.2) is 18.2 Å². The molecule has 0 heterocycles. The molecule has 1 N–H and O–H groups in total. The summed E-state index contributed by atoms with van der Waals surface area (Å²) in [6.45, 7) is -1.06. The van der Waals surface area contributed by atoms with Gasteiger partial charge in [-0.15, -0.1) is 0 Å². The Morgan fingerprint density at radius 3 is 2.34 bits per heavy atom. The van der Waals surface area contributed by atoms with E-state index in [2.05, 4.69) is 10.5 Å². The predicted molar refractivity (Wildman–Crippen MR) is 123 cm³/mol. The number of hydrazone groups is 1. The van der Waals surface area contributed by atoms with E-state index < -0.39 is 34.8 Å². The van der Waals surface area contributed by atoms with Crippen molar-refractivity contribution in [3.05, 3.63) is 99.8 Å². The van der Waals surface area contributed by atoms with Gasteiger partial charge in [0.1, 0.15) is 5.82 Å². The second-order valence-corrected chi connectivity index (χ2v) is 9.41. The van der Waals surface area contributed by atoms with Crippen LogP contribution in [0.15, 0.2) is 82.8 Å². The minimum absolute atomic E-state index is 0.0452. The fraction of sp³-hybridized carbons (Fsp3) is 0.0909. The van der Waals surface area contributed by atoms with Crippen molar-refractivity contribution in [2.24, 2.45) is 5.10 Å². The number of hydrogen-bond donors (Lipinski definition) is 1. The quantitative estimate of drug-likeness (QED) is 0.371. The van der Waals surface area contributed by atoms with Gasteiger partial charge in [0.2, 0.25) is 10.0 Å². The summed E-state index contributed by atoms with van der Waals surface area (Å²) in [4.78, 5) is 12.4. The number of rotatable bonds is 8. The number of hydrogen-bond acceptors (Lipinski definition) is 4. The number of amides is 1. The number of nitrogens with one attached hydrogen (secondary N) is 1. The number of nitrogens with zero attached hydrogens (tertiary/aromatic N) is 2. The maximum absolute atomic E-state index is 14.3. The minimum Gasteiger partial charge on any atom is -0.272 e. The van der Waals surface area contributed by atoms with Crippen molar-refractivity contribution >= 4 is 45.3 Å². The first-order valence-electron chi connectivity index (χ1n) is 9.33. The summed E-state index contributed by atoms with van der Waals surface area (Å²) in [6, 6.07) is 18.5. The highest BCUT2D eigenvalue weighted by atomic mass is 35.5. The highest BCUT2D eigenvalue weighted by molar-refractivity contribution is 7.89. The third kappa shape index (κ3) is 6.14. The lowest BCUT2D eigenvalue weighted by atomic mass is 10.2. The van der Waals surface area contributed by atoms with Crippen molar-refractivity contribution < 1.29 is 17.6 Å². The molecule has 0 aromatic heterocycles. The first-order chi connectivity index (χ1) is 15.3. The molecule has 0 saturated carbocycles. The normalized spacial score (nSPS) is 11.8. The highest BCUT2D eigenvalue weighted by Gasteiger charge is 2.28. The van der Waals surface area contributed by atoms with Gasteiger partial charge in [0.05, 0.1) is 17.7 Å². The second-order valence-electron chi connectivity index (χ2n) is 6.63. The summed E-state index contributed by atoms with van der Waals surface area (Å²) in [7, 11) is -4.19. The van der Waals surface area contributed by atoms with E-state index >= 15 is 0 Å². The SMILES string of the molecule is O=C(CN(Cc1c(F)cccc1Cl)S(=O)(=O)c1ccc(Cl)cc1)N/N=C\c1ccccc1. The molecular formula is C22H18Cl2FN3O3S. The highest BCUT2D eigenvalue weighted by Crippen LogP contribution is 2.25. The van der Waals surface area contributed by atoms with Crippen molar-refractivity contribution in [1.82, 2.24) is 9.73 Å². The Kier molecular flexibility index (Phi) is 7.98. The first kappa shape index (κ1) is 23.9. The molecule has 3 rings (SSSR count). The van der Waals surface area contributed by atoms with Gasteiger partial charge in [-0.3, -0.25) is 4.79 Å². The molecule has 3 aromatic rings. The maximum Gasteiger partial charge on any atom is 0.255 e. The Morgan fingerprint density at radius 1 is 1.00 bits per heavy atom. The van der Waals surface area contributed by atoms with Gasteiger partial charge < -0.3 is 0 Å². The lowest BCUT2D eigenvalue weighted by molar-refractivity contribution is -0.121. The van der Waals surface area contributed by atoms with Gasteiger partial charge in [0, 0.05) is 22.2 Å². The van der Waals surface area contributed by atoms with Crippen LogP contribution in [0, 0.1) is 5.82 Å². The van der Waals surface area contributed by atoms with Gasteiger partial charge in [0.25, 0.3) is 5.91 Å². The van der Waals surface area contributed by atoms with Gasteiger partial charge in [-0.05, 0) is 42.0 Å². The monoisotopic (exact) mass is 493 g/mol. The molecule has 0 unspecified atom stereocenters. The Balaban J connectivity index is 1.85. The second kappa shape index (κ2) is 10.7. The van der Waals surface area contributed by atoms with E-state index in [9.17, 15) is 17.6 Å². The molecule has 0 saturated heterocycles. The van der Waals surface area contributed by atoms with Crippen LogP contribution in [0.25, 0.3) is 0 Å². The maximum atomic E-state index is 14.3. The Morgan fingerprint density at radius 2 is 1.69 bits per heavy atom. The van der Waals surface area contributed by atoms with E-state index in [0.717, 1.165) is 9.87 Å². The van der Waals surface area contributed by atoms with E-state index in [4.69, 9.17) is 23.2 Å². The molecule has 0 bridgehead atoms. The molecule has 0 radical (unpaired) electrons. The van der Waals surface area contributed by atoms with E-state index in [1.54, 1.807) is 12.1 Å². The number of benzene rings is 3. The lowest BCUT2D eigenvalue weighted by Gasteiger charge is -2.22. The fourth-order valence-corrected chi connectivity index (χ4v) is 4.47. The standard InChI is InChI=1S/C22H18Cl2FN3O3S/c23-17-9-11-18(12-10-17)32(30,31)28(14-19-20(24)7-4-8-21(19)25)15-22(29)27-26-13-16-5-2-1-3-6-16/h1-13H,14-15H2,(H,27,29)/b26-13-. The molecule has 0 spiro atoms. The molecule has 10 heteroatoms. The van der Waals surface area contributed by atoms with Crippen LogP contribution in [0.3, 0.4) is 0 Å². The Labute approximate surface area is 195 Å². The number of carbonyl (C=O) groups excluding carboxylic acids is 1. The zero-order chi connectivity index (χ0) is 23.1. The molecule has 0 atom stereocenters. The van der Waals surface area contributed by atoms with E-state index in [0.29, 0.717) is 5.02 Å². The van der Waals surface area contributed by atoms with Crippen molar-refractivity contribution in [1.29, 1.82) is 0 Å². The van der Waals surface area contributed by atoms with E-state index in [1.165, 1.54) is 48.7 Å². The van der Waals surface area contributed by atoms with E-state index in [-0.39, 0.29) is 15.5 Å². The molecule has 32 heavy (non-hydrogen) atoms.